The first-order chi connectivity index (χ1) is 8.56. The lowest BCUT2D eigenvalue weighted by Crippen LogP contribution is -2.64. The van der Waals surface area contributed by atoms with Crippen LogP contribution >= 0.6 is 0 Å². The zero-order chi connectivity index (χ0) is 13.7. The monoisotopic (exact) mass is 250 g/mol. The average Bonchev–Trinajstić information content (AvgIpc) is 2.35. The zero-order valence-electron chi connectivity index (χ0n) is 11.4. The van der Waals surface area contributed by atoms with Gasteiger partial charge in [-0.15, -0.1) is 12.3 Å². The first-order valence-electron chi connectivity index (χ1n) is 6.62. The van der Waals surface area contributed by atoms with Crippen LogP contribution in [0.3, 0.4) is 0 Å². The van der Waals surface area contributed by atoms with Crippen molar-refractivity contribution in [2.24, 2.45) is 0 Å². The van der Waals surface area contributed by atoms with E-state index in [-0.39, 0.29) is 23.9 Å². The van der Waals surface area contributed by atoms with Gasteiger partial charge in [-0.05, 0) is 19.8 Å². The number of carbonyl (C=O) groups excluding carboxylic acids is 2. The maximum Gasteiger partial charge on any atom is 0.246 e. The molecule has 4 heteroatoms. The van der Waals surface area contributed by atoms with E-state index in [0.29, 0.717) is 12.8 Å². The van der Waals surface area contributed by atoms with E-state index in [1.165, 1.54) is 0 Å². The van der Waals surface area contributed by atoms with E-state index in [9.17, 15) is 9.59 Å². The SMILES string of the molecule is C#CCC(CC)N1C(=O)C(CCC)NC(=O)C1C. The Kier molecular flexibility index (Phi) is 5.21. The molecule has 18 heavy (non-hydrogen) atoms. The summed E-state index contributed by atoms with van der Waals surface area (Å²) in [5, 5.41) is 2.79. The van der Waals surface area contributed by atoms with Crippen molar-refractivity contribution in [1.29, 1.82) is 0 Å². The Morgan fingerprint density at radius 3 is 2.61 bits per heavy atom. The standard InChI is InChI=1S/C14H22N2O2/c1-5-8-11(7-3)16-10(4)13(17)15-12(9-6-2)14(16)18/h1,10-12H,6-9H2,2-4H3,(H,15,17). The van der Waals surface area contributed by atoms with Gasteiger partial charge in [0, 0.05) is 12.5 Å². The highest BCUT2D eigenvalue weighted by Crippen LogP contribution is 2.19. The fraction of sp³-hybridized carbons (Fsp3) is 0.714. The lowest BCUT2D eigenvalue weighted by molar-refractivity contribution is -0.151. The molecule has 0 saturated carbocycles. The van der Waals surface area contributed by atoms with E-state index < -0.39 is 6.04 Å². The van der Waals surface area contributed by atoms with E-state index in [1.54, 1.807) is 11.8 Å². The predicted octanol–water partition coefficient (Wildman–Crippen LogP) is 1.30. The molecular weight excluding hydrogens is 228 g/mol. The molecule has 0 aromatic heterocycles. The van der Waals surface area contributed by atoms with Gasteiger partial charge in [-0.25, -0.2) is 0 Å². The summed E-state index contributed by atoms with van der Waals surface area (Å²) in [6, 6.07) is -0.850. The van der Waals surface area contributed by atoms with E-state index >= 15 is 0 Å². The second-order valence-corrected chi connectivity index (χ2v) is 4.74. The molecule has 1 saturated heterocycles. The minimum atomic E-state index is -0.427. The maximum absolute atomic E-state index is 12.4. The van der Waals surface area contributed by atoms with Crippen molar-refractivity contribution in [1.82, 2.24) is 10.2 Å². The summed E-state index contributed by atoms with van der Waals surface area (Å²) < 4.78 is 0. The summed E-state index contributed by atoms with van der Waals surface area (Å²) in [5.74, 6) is 2.52. The van der Waals surface area contributed by atoms with Gasteiger partial charge in [0.15, 0.2) is 0 Å². The Morgan fingerprint density at radius 2 is 2.11 bits per heavy atom. The third kappa shape index (κ3) is 2.84. The number of amides is 2. The van der Waals surface area contributed by atoms with Crippen LogP contribution in [0, 0.1) is 12.3 Å². The van der Waals surface area contributed by atoms with Crippen molar-refractivity contribution >= 4 is 11.8 Å². The molecule has 3 atom stereocenters. The molecular formula is C14H22N2O2. The largest absolute Gasteiger partial charge is 0.343 e. The third-order valence-corrected chi connectivity index (χ3v) is 3.46. The van der Waals surface area contributed by atoms with Crippen LogP contribution in [-0.4, -0.2) is 34.8 Å². The number of carbonyl (C=O) groups is 2. The van der Waals surface area contributed by atoms with Crippen molar-refractivity contribution in [3.8, 4) is 12.3 Å². The molecule has 1 aliphatic rings. The van der Waals surface area contributed by atoms with Gasteiger partial charge < -0.3 is 10.2 Å². The number of piperazine rings is 1. The summed E-state index contributed by atoms with van der Waals surface area (Å²) in [7, 11) is 0. The Bertz CT molecular complexity index is 359. The van der Waals surface area contributed by atoms with Crippen molar-refractivity contribution in [3.63, 3.8) is 0 Å². The molecule has 0 radical (unpaired) electrons. The Hall–Kier alpha value is -1.50. The summed E-state index contributed by atoms with van der Waals surface area (Å²) in [4.78, 5) is 26.0. The predicted molar refractivity (Wildman–Crippen MR) is 70.7 cm³/mol. The molecule has 0 spiro atoms. The lowest BCUT2D eigenvalue weighted by atomic mass is 9.99. The van der Waals surface area contributed by atoms with Gasteiger partial charge in [0.25, 0.3) is 0 Å². The van der Waals surface area contributed by atoms with Gasteiger partial charge in [0.1, 0.15) is 12.1 Å². The highest BCUT2D eigenvalue weighted by Gasteiger charge is 2.40. The molecule has 0 bridgehead atoms. The minimum Gasteiger partial charge on any atom is -0.343 e. The van der Waals surface area contributed by atoms with Crippen LogP contribution in [0.2, 0.25) is 0 Å². The minimum absolute atomic E-state index is 0.00560. The van der Waals surface area contributed by atoms with Crippen LogP contribution < -0.4 is 5.32 Å². The van der Waals surface area contributed by atoms with E-state index in [2.05, 4.69) is 11.2 Å². The molecule has 2 amide bonds. The number of nitrogens with zero attached hydrogens (tertiary/aromatic N) is 1. The molecule has 1 rings (SSSR count). The molecule has 1 heterocycles. The fourth-order valence-electron chi connectivity index (χ4n) is 2.41. The Balaban J connectivity index is 2.93. The number of hydrogen-bond acceptors (Lipinski definition) is 2. The molecule has 4 nitrogen and oxygen atoms in total. The van der Waals surface area contributed by atoms with Crippen molar-refractivity contribution in [3.05, 3.63) is 0 Å². The topological polar surface area (TPSA) is 49.4 Å². The van der Waals surface area contributed by atoms with Gasteiger partial charge in [0.2, 0.25) is 11.8 Å². The summed E-state index contributed by atoms with van der Waals surface area (Å²) in [6.45, 7) is 5.75. The summed E-state index contributed by atoms with van der Waals surface area (Å²) in [6.07, 6.45) is 8.16. The van der Waals surface area contributed by atoms with Gasteiger partial charge in [-0.2, -0.15) is 0 Å². The first-order valence-corrected chi connectivity index (χ1v) is 6.62. The lowest BCUT2D eigenvalue weighted by Gasteiger charge is -2.41. The quantitative estimate of drug-likeness (QED) is 0.748. The third-order valence-electron chi connectivity index (χ3n) is 3.46. The van der Waals surface area contributed by atoms with Crippen LogP contribution in [-0.2, 0) is 9.59 Å². The molecule has 100 valence electrons. The summed E-state index contributed by atoms with van der Waals surface area (Å²) in [5.41, 5.74) is 0. The number of nitrogens with one attached hydrogen (secondary N) is 1. The molecule has 0 aliphatic carbocycles. The zero-order valence-corrected chi connectivity index (χ0v) is 11.4. The Morgan fingerprint density at radius 1 is 1.44 bits per heavy atom. The smallest absolute Gasteiger partial charge is 0.246 e. The van der Waals surface area contributed by atoms with Gasteiger partial charge >= 0.3 is 0 Å². The van der Waals surface area contributed by atoms with E-state index in [4.69, 9.17) is 6.42 Å². The second kappa shape index (κ2) is 6.44. The van der Waals surface area contributed by atoms with Crippen LogP contribution in [0.25, 0.3) is 0 Å². The molecule has 0 aromatic rings. The molecule has 1 fully saturated rings. The number of rotatable bonds is 5. The van der Waals surface area contributed by atoms with Crippen LogP contribution in [0.4, 0.5) is 0 Å². The van der Waals surface area contributed by atoms with Crippen molar-refractivity contribution < 1.29 is 9.59 Å². The van der Waals surface area contributed by atoms with Crippen molar-refractivity contribution in [2.75, 3.05) is 0 Å². The molecule has 0 aromatic carbocycles. The molecule has 1 aliphatic heterocycles. The average molecular weight is 250 g/mol. The number of terminal acetylenes is 1. The van der Waals surface area contributed by atoms with Gasteiger partial charge in [0.05, 0.1) is 0 Å². The normalized spacial score (nSPS) is 25.6. The highest BCUT2D eigenvalue weighted by atomic mass is 16.2. The van der Waals surface area contributed by atoms with Gasteiger partial charge in [-0.1, -0.05) is 20.3 Å². The van der Waals surface area contributed by atoms with E-state index in [0.717, 1.165) is 12.8 Å². The fourth-order valence-corrected chi connectivity index (χ4v) is 2.41. The first kappa shape index (κ1) is 14.6. The Labute approximate surface area is 109 Å². The molecule has 3 unspecified atom stereocenters. The second-order valence-electron chi connectivity index (χ2n) is 4.74. The molecule has 1 N–H and O–H groups in total. The maximum atomic E-state index is 12.4. The van der Waals surface area contributed by atoms with Gasteiger partial charge in [-0.3, -0.25) is 9.59 Å². The van der Waals surface area contributed by atoms with E-state index in [1.807, 2.05) is 13.8 Å². The van der Waals surface area contributed by atoms with Crippen LogP contribution in [0.15, 0.2) is 0 Å². The van der Waals surface area contributed by atoms with Crippen LogP contribution in [0.1, 0.15) is 46.5 Å². The number of hydrogen-bond donors (Lipinski definition) is 1. The van der Waals surface area contributed by atoms with Crippen molar-refractivity contribution in [2.45, 2.75) is 64.6 Å². The van der Waals surface area contributed by atoms with Crippen LogP contribution in [0.5, 0.6) is 0 Å². The summed E-state index contributed by atoms with van der Waals surface area (Å²) >= 11 is 0. The highest BCUT2D eigenvalue weighted by molar-refractivity contribution is 5.96.